The highest BCUT2D eigenvalue weighted by Gasteiger charge is 2.75. The Kier molecular flexibility index (Phi) is 3.67. The summed E-state index contributed by atoms with van der Waals surface area (Å²) in [6.45, 7) is 0. The maximum Gasteiger partial charge on any atom is 0.458 e. The fourth-order valence-electron chi connectivity index (χ4n) is 2.54. The van der Waals surface area contributed by atoms with Gasteiger partial charge in [0.15, 0.2) is 0 Å². The Morgan fingerprint density at radius 2 is 1.75 bits per heavy atom. The van der Waals surface area contributed by atoms with Crippen molar-refractivity contribution in [3.05, 3.63) is 35.9 Å². The monoisotopic (exact) mass is 348 g/mol. The van der Waals surface area contributed by atoms with Crippen molar-refractivity contribution >= 4 is 11.6 Å². The summed E-state index contributed by atoms with van der Waals surface area (Å²) in [5, 5.41) is 13.8. The average Bonchev–Trinajstić information content (AvgIpc) is 3.29. The molecule has 0 saturated heterocycles. The van der Waals surface area contributed by atoms with E-state index >= 15 is 0 Å². The SMILES string of the molecule is O=C(C1CC1)N1N=C(c2ccccc2)C[C@@]1(O)C(F)(F)C(F)(F)F. The van der Waals surface area contributed by atoms with E-state index in [1.807, 2.05) is 0 Å². The number of carbonyl (C=O) groups excluding carboxylic acids is 1. The van der Waals surface area contributed by atoms with Crippen LogP contribution in [-0.2, 0) is 4.79 Å². The van der Waals surface area contributed by atoms with Gasteiger partial charge in [-0.1, -0.05) is 30.3 Å². The summed E-state index contributed by atoms with van der Waals surface area (Å²) in [5.74, 6) is -7.23. The molecule has 1 aromatic carbocycles. The summed E-state index contributed by atoms with van der Waals surface area (Å²) >= 11 is 0. The predicted molar refractivity (Wildman–Crippen MR) is 73.1 cm³/mol. The maximum absolute atomic E-state index is 14.0. The summed E-state index contributed by atoms with van der Waals surface area (Å²) in [4.78, 5) is 12.1. The van der Waals surface area contributed by atoms with Crippen molar-refractivity contribution in [3.8, 4) is 0 Å². The van der Waals surface area contributed by atoms with Crippen LogP contribution < -0.4 is 0 Å². The first-order valence-electron chi connectivity index (χ1n) is 7.22. The summed E-state index contributed by atoms with van der Waals surface area (Å²) in [6.07, 6.45) is -6.38. The van der Waals surface area contributed by atoms with Gasteiger partial charge in [0.25, 0.3) is 0 Å². The van der Waals surface area contributed by atoms with E-state index in [0.29, 0.717) is 12.8 Å². The van der Waals surface area contributed by atoms with E-state index in [4.69, 9.17) is 0 Å². The van der Waals surface area contributed by atoms with Gasteiger partial charge in [0.2, 0.25) is 11.6 Å². The van der Waals surface area contributed by atoms with Crippen LogP contribution >= 0.6 is 0 Å². The molecule has 0 spiro atoms. The van der Waals surface area contributed by atoms with Gasteiger partial charge < -0.3 is 5.11 Å². The Hall–Kier alpha value is -2.03. The molecule has 1 aromatic rings. The van der Waals surface area contributed by atoms with Gasteiger partial charge >= 0.3 is 12.1 Å². The van der Waals surface area contributed by atoms with E-state index in [1.165, 1.54) is 12.1 Å². The lowest BCUT2D eigenvalue weighted by atomic mass is 9.95. The fraction of sp³-hybridized carbons (Fsp3) is 0.467. The summed E-state index contributed by atoms with van der Waals surface area (Å²) in [6, 6.07) is 7.63. The van der Waals surface area contributed by atoms with Crippen LogP contribution in [0.1, 0.15) is 24.8 Å². The summed E-state index contributed by atoms with van der Waals surface area (Å²) < 4.78 is 66.4. The Morgan fingerprint density at radius 1 is 1.17 bits per heavy atom. The van der Waals surface area contributed by atoms with Crippen molar-refractivity contribution in [2.24, 2.45) is 11.0 Å². The first-order chi connectivity index (χ1) is 11.1. The van der Waals surface area contributed by atoms with Gasteiger partial charge in [-0.15, -0.1) is 0 Å². The normalized spacial score (nSPS) is 24.9. The molecule has 0 bridgehead atoms. The molecular weight excluding hydrogens is 335 g/mol. The zero-order valence-corrected chi connectivity index (χ0v) is 12.2. The topological polar surface area (TPSA) is 52.9 Å². The van der Waals surface area contributed by atoms with E-state index in [0.717, 1.165) is 0 Å². The molecular formula is C15H13F5N2O2. The maximum atomic E-state index is 14.0. The number of hydrazone groups is 1. The fourth-order valence-corrected chi connectivity index (χ4v) is 2.54. The number of nitrogens with zero attached hydrogens (tertiary/aromatic N) is 2. The number of amides is 1. The standard InChI is InChI=1S/C15H13F5N2O2/c16-14(17,15(18,19)20)13(24)8-11(9-4-2-1-3-5-9)21-22(13)12(23)10-6-7-10/h1-5,10,24H,6-8H2/t13-/m1/s1. The largest absolute Gasteiger partial charge is 0.458 e. The Bertz CT molecular complexity index is 685. The molecule has 1 heterocycles. The Labute approximate surface area is 133 Å². The molecule has 2 aliphatic rings. The molecule has 1 amide bonds. The van der Waals surface area contributed by atoms with Gasteiger partial charge in [0.05, 0.1) is 5.71 Å². The zero-order valence-electron chi connectivity index (χ0n) is 12.2. The van der Waals surface area contributed by atoms with Gasteiger partial charge in [0, 0.05) is 12.3 Å². The third-order valence-electron chi connectivity index (χ3n) is 4.09. The van der Waals surface area contributed by atoms with Crippen molar-refractivity contribution < 1.29 is 31.9 Å². The van der Waals surface area contributed by atoms with Gasteiger partial charge in [-0.2, -0.15) is 32.1 Å². The van der Waals surface area contributed by atoms with Crippen LogP contribution in [0.2, 0.25) is 0 Å². The van der Waals surface area contributed by atoms with Crippen LogP contribution in [0.3, 0.4) is 0 Å². The van der Waals surface area contributed by atoms with Crippen molar-refractivity contribution in [2.45, 2.75) is 37.1 Å². The lowest BCUT2D eigenvalue weighted by Gasteiger charge is -2.38. The molecule has 0 aromatic heterocycles. The molecule has 0 radical (unpaired) electrons. The molecule has 1 fully saturated rings. The molecule has 9 heteroatoms. The van der Waals surface area contributed by atoms with Crippen LogP contribution in [-0.4, -0.2) is 39.6 Å². The van der Waals surface area contributed by atoms with E-state index in [-0.39, 0.29) is 16.3 Å². The number of benzene rings is 1. The van der Waals surface area contributed by atoms with E-state index in [2.05, 4.69) is 5.10 Å². The number of alkyl halides is 5. The van der Waals surface area contributed by atoms with E-state index in [9.17, 15) is 31.9 Å². The van der Waals surface area contributed by atoms with Crippen molar-refractivity contribution in [1.29, 1.82) is 0 Å². The minimum Gasteiger partial charge on any atom is -0.364 e. The highest BCUT2D eigenvalue weighted by Crippen LogP contribution is 2.50. The second kappa shape index (κ2) is 5.23. The molecule has 3 rings (SSSR count). The van der Waals surface area contributed by atoms with Gasteiger partial charge in [-0.05, 0) is 18.4 Å². The highest BCUT2D eigenvalue weighted by molar-refractivity contribution is 6.03. The number of hydrogen-bond donors (Lipinski definition) is 1. The molecule has 1 saturated carbocycles. The Balaban J connectivity index is 2.04. The molecule has 4 nitrogen and oxygen atoms in total. The molecule has 1 aliphatic carbocycles. The quantitative estimate of drug-likeness (QED) is 0.854. The second-order valence-electron chi connectivity index (χ2n) is 5.90. The average molecular weight is 348 g/mol. The highest BCUT2D eigenvalue weighted by atomic mass is 19.4. The van der Waals surface area contributed by atoms with Crippen LogP contribution in [0.4, 0.5) is 22.0 Å². The first kappa shape index (κ1) is 16.8. The second-order valence-corrected chi connectivity index (χ2v) is 5.90. The van der Waals surface area contributed by atoms with Crippen molar-refractivity contribution in [3.63, 3.8) is 0 Å². The third-order valence-corrected chi connectivity index (χ3v) is 4.09. The summed E-state index contributed by atoms with van der Waals surface area (Å²) in [5.41, 5.74) is -3.70. The van der Waals surface area contributed by atoms with Crippen LogP contribution in [0.25, 0.3) is 0 Å². The van der Waals surface area contributed by atoms with Crippen LogP contribution in [0, 0.1) is 5.92 Å². The number of hydrogen-bond acceptors (Lipinski definition) is 3. The number of rotatable bonds is 3. The summed E-state index contributed by atoms with van der Waals surface area (Å²) in [7, 11) is 0. The molecule has 130 valence electrons. The molecule has 1 N–H and O–H groups in total. The molecule has 24 heavy (non-hydrogen) atoms. The molecule has 1 atom stereocenters. The van der Waals surface area contributed by atoms with E-state index in [1.54, 1.807) is 18.2 Å². The zero-order chi connectivity index (χ0) is 17.8. The first-order valence-corrected chi connectivity index (χ1v) is 7.22. The molecule has 0 unspecified atom stereocenters. The number of carbonyl (C=O) groups is 1. The third kappa shape index (κ3) is 2.47. The van der Waals surface area contributed by atoms with Crippen LogP contribution in [0.5, 0.6) is 0 Å². The minimum atomic E-state index is -6.02. The lowest BCUT2D eigenvalue weighted by Crippen LogP contribution is -2.64. The molecule has 1 aliphatic heterocycles. The van der Waals surface area contributed by atoms with Gasteiger partial charge in [-0.3, -0.25) is 4.79 Å². The van der Waals surface area contributed by atoms with Gasteiger partial charge in [0.1, 0.15) is 0 Å². The van der Waals surface area contributed by atoms with E-state index < -0.39 is 36.1 Å². The van der Waals surface area contributed by atoms with Crippen LogP contribution in [0.15, 0.2) is 35.4 Å². The minimum absolute atomic E-state index is 0.0690. The predicted octanol–water partition coefficient (Wildman–Crippen LogP) is 2.92. The van der Waals surface area contributed by atoms with Crippen molar-refractivity contribution in [2.75, 3.05) is 0 Å². The number of halogens is 5. The lowest BCUT2D eigenvalue weighted by molar-refractivity contribution is -0.363. The smallest absolute Gasteiger partial charge is 0.364 e. The van der Waals surface area contributed by atoms with Gasteiger partial charge in [-0.25, -0.2) is 0 Å². The van der Waals surface area contributed by atoms with Crippen molar-refractivity contribution in [1.82, 2.24) is 5.01 Å². The Morgan fingerprint density at radius 3 is 2.25 bits per heavy atom. The number of aliphatic hydroxyl groups is 1.